The van der Waals surface area contributed by atoms with Crippen molar-refractivity contribution in [3.8, 4) is 136 Å². The average Bonchev–Trinajstić information content (AvgIpc) is 1.60. The van der Waals surface area contributed by atoms with E-state index < -0.39 is 0 Å². The standard InChI is InChI=1S/3C42H24N4O2/c1-2-11-25(12-3-1)40-44-41(46-42(45-40)31-18-10-21-34-37(31)30-16-5-7-20-33(30)47-34)28-15-8-14-26(23-28)29-17-9-22-35-38(29)39-36(48-35)24-27-13-4-6-19-32(27)43-39;1-2-10-25(11-3-1)40-44-41(46-42(45-40)31-17-8-20-36-39(31)30-15-4-5-18-34(30)47-36)28-13-6-12-26(22-28)29-16-7-19-35-38(29)32-23-27-14-9-21-43-33(27)24-37(32)48-35;1-2-10-25(11-3-1)40-44-41(46-42(45-40)31-17-9-19-34-37(31)30-16-6-7-18-33(30)47-34)29-15-8-14-28(22-29)39-38-32-23-26-12-4-5-13-27(26)24-36(32)48-35(38)20-21-43-39/h3*1-24H. The molecule has 0 spiro atoms. The first-order valence-electron chi connectivity index (χ1n) is 47.4. The molecule has 18 aromatic carbocycles. The van der Waals surface area contributed by atoms with Crippen LogP contribution in [0.2, 0.25) is 0 Å². The summed E-state index contributed by atoms with van der Waals surface area (Å²) in [4.78, 5) is 59.9. The lowest BCUT2D eigenvalue weighted by Crippen LogP contribution is -2.00. The van der Waals surface area contributed by atoms with Gasteiger partial charge in [-0.15, -0.1) is 0 Å². The monoisotopic (exact) mass is 1850 g/mol. The topological polar surface area (TPSA) is 234 Å². The Bertz CT molecular complexity index is 9500. The summed E-state index contributed by atoms with van der Waals surface area (Å²) in [7, 11) is 0. The van der Waals surface area contributed by atoms with Crippen molar-refractivity contribution in [2.24, 2.45) is 0 Å². The highest BCUT2D eigenvalue weighted by Crippen LogP contribution is 2.47. The first-order valence-corrected chi connectivity index (χ1v) is 47.4. The molecule has 0 aliphatic heterocycles. The molecule has 0 saturated heterocycles. The summed E-state index contributed by atoms with van der Waals surface area (Å²) in [5.74, 6) is 5.30. The maximum absolute atomic E-state index is 6.35. The summed E-state index contributed by atoms with van der Waals surface area (Å²) >= 11 is 0. The summed E-state index contributed by atoms with van der Waals surface area (Å²) in [6, 6.07) is 143. The van der Waals surface area contributed by atoms with Crippen LogP contribution in [0.5, 0.6) is 0 Å². The Labute approximate surface area is 818 Å². The molecule has 0 aliphatic carbocycles. The fraction of sp³-hybridized carbons (Fsp3) is 0. The summed E-state index contributed by atoms with van der Waals surface area (Å²) in [6.45, 7) is 0. The lowest BCUT2D eigenvalue weighted by molar-refractivity contribution is 0.668. The van der Waals surface area contributed by atoms with Crippen molar-refractivity contribution >= 4 is 164 Å². The number of nitrogens with zero attached hydrogens (tertiary/aromatic N) is 12. The van der Waals surface area contributed by atoms with Gasteiger partial charge >= 0.3 is 0 Å². The predicted octanol–water partition coefficient (Wildman–Crippen LogP) is 32.7. The molecule has 30 aromatic rings. The Hall–Kier alpha value is -20.0. The van der Waals surface area contributed by atoms with Crippen molar-refractivity contribution in [3.05, 3.63) is 437 Å². The number of hydrogen-bond donors (Lipinski definition) is 0. The van der Waals surface area contributed by atoms with Gasteiger partial charge in [0.25, 0.3) is 0 Å². The van der Waals surface area contributed by atoms with Crippen molar-refractivity contribution in [2.45, 2.75) is 0 Å². The van der Waals surface area contributed by atoms with Crippen LogP contribution in [0.3, 0.4) is 0 Å². The van der Waals surface area contributed by atoms with Gasteiger partial charge < -0.3 is 26.5 Å². The van der Waals surface area contributed by atoms with E-state index in [2.05, 4.69) is 151 Å². The van der Waals surface area contributed by atoms with Crippen LogP contribution >= 0.6 is 0 Å². The number of aromatic nitrogens is 12. The first-order chi connectivity index (χ1) is 71.3. The van der Waals surface area contributed by atoms with Gasteiger partial charge in [0.2, 0.25) is 0 Å². The predicted molar refractivity (Wildman–Crippen MR) is 574 cm³/mol. The van der Waals surface area contributed by atoms with Crippen molar-refractivity contribution in [1.82, 2.24) is 59.8 Å². The smallest absolute Gasteiger partial charge is 0.164 e. The number of benzene rings is 18. The molecule has 30 rings (SSSR count). The van der Waals surface area contributed by atoms with Gasteiger partial charge in [0.1, 0.15) is 66.9 Å². The van der Waals surface area contributed by atoms with E-state index >= 15 is 0 Å². The molecule has 12 heterocycles. The van der Waals surface area contributed by atoms with E-state index in [1.54, 1.807) is 12.4 Å². The molecule has 0 aliphatic rings. The molecule has 0 radical (unpaired) electrons. The quantitative estimate of drug-likeness (QED) is 0.111. The molecule has 144 heavy (non-hydrogen) atoms. The highest BCUT2D eigenvalue weighted by atomic mass is 16.3. The van der Waals surface area contributed by atoms with Gasteiger partial charge in [-0.1, -0.05) is 309 Å². The summed E-state index contributed by atoms with van der Waals surface area (Å²) in [5, 5.41) is 15.5. The normalized spacial score (nSPS) is 11.8. The molecule has 672 valence electrons. The molecule has 12 aromatic heterocycles. The van der Waals surface area contributed by atoms with Gasteiger partial charge in [0.05, 0.1) is 27.5 Å². The second-order valence-corrected chi connectivity index (χ2v) is 35.6. The Morgan fingerprint density at radius 1 is 0.146 bits per heavy atom. The largest absolute Gasteiger partial charge is 0.456 e. The molecule has 0 atom stereocenters. The van der Waals surface area contributed by atoms with Gasteiger partial charge in [-0.2, -0.15) is 0 Å². The average molecular weight is 1850 g/mol. The van der Waals surface area contributed by atoms with Crippen molar-refractivity contribution in [3.63, 3.8) is 0 Å². The molecule has 0 N–H and O–H groups in total. The third-order valence-corrected chi connectivity index (χ3v) is 26.8. The second-order valence-electron chi connectivity index (χ2n) is 35.6. The number of pyridine rings is 3. The third-order valence-electron chi connectivity index (χ3n) is 26.8. The minimum atomic E-state index is 0.570. The zero-order valence-corrected chi connectivity index (χ0v) is 76.4. The van der Waals surface area contributed by atoms with Gasteiger partial charge in [-0.3, -0.25) is 9.97 Å². The number of rotatable bonds is 12. The zero-order chi connectivity index (χ0) is 94.8. The van der Waals surface area contributed by atoms with E-state index in [0.717, 1.165) is 248 Å². The van der Waals surface area contributed by atoms with Crippen molar-refractivity contribution in [1.29, 1.82) is 0 Å². The molecule has 18 nitrogen and oxygen atoms in total. The summed E-state index contributed by atoms with van der Waals surface area (Å²) in [5.41, 5.74) is 26.4. The highest BCUT2D eigenvalue weighted by Gasteiger charge is 2.27. The molecule has 0 fully saturated rings. The molecule has 0 saturated carbocycles. The van der Waals surface area contributed by atoms with Crippen LogP contribution < -0.4 is 0 Å². The molecule has 0 unspecified atom stereocenters. The second kappa shape index (κ2) is 34.0. The lowest BCUT2D eigenvalue weighted by Gasteiger charge is -2.11. The first kappa shape index (κ1) is 82.3. The summed E-state index contributed by atoms with van der Waals surface area (Å²) < 4.78 is 37.6. The maximum atomic E-state index is 6.35. The van der Waals surface area contributed by atoms with Gasteiger partial charge in [-0.25, -0.2) is 49.8 Å². The van der Waals surface area contributed by atoms with E-state index in [1.807, 2.05) is 279 Å². The Morgan fingerprint density at radius 2 is 0.458 bits per heavy atom. The van der Waals surface area contributed by atoms with Crippen molar-refractivity contribution in [2.75, 3.05) is 0 Å². The fourth-order valence-electron chi connectivity index (χ4n) is 20.2. The molecule has 0 amide bonds. The van der Waals surface area contributed by atoms with Crippen LogP contribution in [-0.4, -0.2) is 59.8 Å². The minimum Gasteiger partial charge on any atom is -0.456 e. The molecular formula is C126H72N12O6. The fourth-order valence-corrected chi connectivity index (χ4v) is 20.2. The SMILES string of the molecule is c1ccc(-c2nc(-c3cccc(-c4cccc5oc6cc7ccccc7nc6c45)c3)nc(-c3cccc4oc5ccccc5c34)n2)cc1.c1ccc(-c2nc(-c3cccc(-c4cccc5oc6cc7ncccc7cc6c45)c3)nc(-c3cccc4oc5ccccc5c34)n2)cc1.c1ccc(-c2nc(-c3cccc(-c4nccc5oc6cc7ccccc7cc6c45)c3)nc(-c3cccc4oc5ccccc5c34)n2)cc1. The van der Waals surface area contributed by atoms with E-state index in [-0.39, 0.29) is 0 Å². The van der Waals surface area contributed by atoms with Gasteiger partial charge in [0, 0.05) is 133 Å². The van der Waals surface area contributed by atoms with Gasteiger partial charge in [-0.05, 0) is 142 Å². The highest BCUT2D eigenvalue weighted by molar-refractivity contribution is 6.20. The Kier molecular flexibility index (Phi) is 19.4. The van der Waals surface area contributed by atoms with Crippen LogP contribution in [0.25, 0.3) is 300 Å². The van der Waals surface area contributed by atoms with Crippen LogP contribution in [0, 0.1) is 0 Å². The van der Waals surface area contributed by atoms with Crippen LogP contribution in [0.1, 0.15) is 0 Å². The van der Waals surface area contributed by atoms with E-state index in [9.17, 15) is 0 Å². The summed E-state index contributed by atoms with van der Waals surface area (Å²) in [6.07, 6.45) is 3.61. The Balaban J connectivity index is 0.000000105. The Morgan fingerprint density at radius 3 is 0.958 bits per heavy atom. The van der Waals surface area contributed by atoms with E-state index in [1.165, 1.54) is 0 Å². The van der Waals surface area contributed by atoms with E-state index in [4.69, 9.17) is 81.3 Å². The number of furan rings is 6. The third kappa shape index (κ3) is 14.4. The zero-order valence-electron chi connectivity index (χ0n) is 76.4. The van der Waals surface area contributed by atoms with Crippen LogP contribution in [0.15, 0.2) is 464 Å². The molecular weight excluding hydrogens is 1780 g/mol. The van der Waals surface area contributed by atoms with Gasteiger partial charge in [0.15, 0.2) is 58.0 Å². The van der Waals surface area contributed by atoms with E-state index in [0.29, 0.717) is 52.4 Å². The molecule has 0 bridgehead atoms. The van der Waals surface area contributed by atoms with Crippen LogP contribution in [-0.2, 0) is 0 Å². The van der Waals surface area contributed by atoms with Crippen molar-refractivity contribution < 1.29 is 26.5 Å². The van der Waals surface area contributed by atoms with Crippen LogP contribution in [0.4, 0.5) is 0 Å². The number of para-hydroxylation sites is 4. The number of fused-ring (bicyclic) bond motifs is 21. The molecule has 18 heteroatoms. The maximum Gasteiger partial charge on any atom is 0.164 e. The minimum absolute atomic E-state index is 0.570. The lowest BCUT2D eigenvalue weighted by atomic mass is 9.97. The number of hydrogen-bond acceptors (Lipinski definition) is 18.